The summed E-state index contributed by atoms with van der Waals surface area (Å²) in [5, 5.41) is 10.2. The quantitative estimate of drug-likeness (QED) is 0.803. The molecule has 0 unspecified atom stereocenters. The molecule has 96 valence electrons. The van der Waals surface area contributed by atoms with Crippen LogP contribution in [-0.4, -0.2) is 32.4 Å². The maximum atomic E-state index is 9.08. The van der Waals surface area contributed by atoms with Crippen LogP contribution in [0, 0.1) is 0 Å². The van der Waals surface area contributed by atoms with Crippen LogP contribution in [0.1, 0.15) is 19.1 Å². The average Bonchev–Trinajstić information content (AvgIpc) is 2.93. The number of nitrogen functional groups attached to an aromatic ring is 1. The second kappa shape index (κ2) is 4.38. The highest BCUT2D eigenvalue weighted by atomic mass is 35.5. The van der Waals surface area contributed by atoms with Crippen LogP contribution >= 0.6 is 11.6 Å². The number of aliphatic hydroxyl groups excluding tert-OH is 1. The molecule has 1 aliphatic rings. The Morgan fingerprint density at radius 3 is 3.06 bits per heavy atom. The van der Waals surface area contributed by atoms with Crippen molar-refractivity contribution in [3.8, 4) is 0 Å². The number of aliphatic hydroxyl groups is 1. The minimum absolute atomic E-state index is 0.0353. The Bertz CT molecular complexity index is 586. The molecule has 0 spiro atoms. The van der Waals surface area contributed by atoms with Crippen molar-refractivity contribution in [1.29, 1.82) is 0 Å². The highest BCUT2D eigenvalue weighted by molar-refractivity contribution is 6.34. The standard InChI is InChI=1S/C11H13ClN4O2/c12-9-7-3-4-16(10(7)15-11(13)14-9)8-2-1-6(5-17)18-8/h3-4,6,8,17H,1-2,5H2,(H2,13,14,15)/t6-,8-/m0/s1. The zero-order chi connectivity index (χ0) is 12.7. The maximum absolute atomic E-state index is 9.08. The Hall–Kier alpha value is -1.37. The average molecular weight is 269 g/mol. The van der Waals surface area contributed by atoms with Crippen LogP contribution in [0.5, 0.6) is 0 Å². The van der Waals surface area contributed by atoms with E-state index in [1.165, 1.54) is 0 Å². The molecule has 0 aromatic carbocycles. The monoisotopic (exact) mass is 268 g/mol. The lowest BCUT2D eigenvalue weighted by atomic mass is 10.2. The van der Waals surface area contributed by atoms with Crippen molar-refractivity contribution in [3.05, 3.63) is 17.4 Å². The summed E-state index contributed by atoms with van der Waals surface area (Å²) in [6.45, 7) is 0.0353. The van der Waals surface area contributed by atoms with Gasteiger partial charge in [0.2, 0.25) is 5.95 Å². The summed E-state index contributed by atoms with van der Waals surface area (Å²) in [6, 6.07) is 1.84. The molecule has 3 N–H and O–H groups in total. The molecule has 2 aromatic rings. The van der Waals surface area contributed by atoms with Crippen LogP contribution in [-0.2, 0) is 4.74 Å². The molecule has 7 heteroatoms. The minimum atomic E-state index is -0.134. The Kier molecular flexibility index (Phi) is 2.85. The SMILES string of the molecule is Nc1nc(Cl)c2ccn([C@@H]3CC[C@@H](CO)O3)c2n1. The van der Waals surface area contributed by atoms with Crippen LogP contribution in [0.3, 0.4) is 0 Å². The fourth-order valence-corrected chi connectivity index (χ4v) is 2.50. The first-order valence-electron chi connectivity index (χ1n) is 5.75. The summed E-state index contributed by atoms with van der Waals surface area (Å²) >= 11 is 6.01. The number of ether oxygens (including phenoxy) is 1. The third kappa shape index (κ3) is 1.82. The Morgan fingerprint density at radius 2 is 2.33 bits per heavy atom. The van der Waals surface area contributed by atoms with Crippen molar-refractivity contribution < 1.29 is 9.84 Å². The van der Waals surface area contributed by atoms with Crippen LogP contribution in [0.25, 0.3) is 11.0 Å². The molecule has 1 fully saturated rings. The molecule has 0 radical (unpaired) electrons. The Balaban J connectivity index is 2.03. The maximum Gasteiger partial charge on any atom is 0.223 e. The van der Waals surface area contributed by atoms with Crippen molar-refractivity contribution in [2.75, 3.05) is 12.3 Å². The first-order valence-corrected chi connectivity index (χ1v) is 6.12. The third-order valence-electron chi connectivity index (χ3n) is 3.14. The van der Waals surface area contributed by atoms with E-state index in [1.807, 2.05) is 16.8 Å². The van der Waals surface area contributed by atoms with Crippen LogP contribution in [0.4, 0.5) is 5.95 Å². The van der Waals surface area contributed by atoms with Gasteiger partial charge < -0.3 is 20.1 Å². The molecule has 0 amide bonds. The van der Waals surface area contributed by atoms with Gasteiger partial charge in [-0.2, -0.15) is 4.98 Å². The second-order valence-electron chi connectivity index (χ2n) is 4.31. The molecule has 3 rings (SSSR count). The van der Waals surface area contributed by atoms with E-state index in [0.29, 0.717) is 10.8 Å². The van der Waals surface area contributed by atoms with E-state index in [9.17, 15) is 0 Å². The third-order valence-corrected chi connectivity index (χ3v) is 3.43. The predicted octanol–water partition coefficient (Wildman–Crippen LogP) is 1.34. The summed E-state index contributed by atoms with van der Waals surface area (Å²) < 4.78 is 7.60. The van der Waals surface area contributed by atoms with E-state index in [4.69, 9.17) is 27.2 Å². The van der Waals surface area contributed by atoms with E-state index >= 15 is 0 Å². The summed E-state index contributed by atoms with van der Waals surface area (Å²) in [4.78, 5) is 8.11. The molecule has 6 nitrogen and oxygen atoms in total. The van der Waals surface area contributed by atoms with Crippen molar-refractivity contribution in [2.45, 2.75) is 25.2 Å². The first-order chi connectivity index (χ1) is 8.69. The Morgan fingerprint density at radius 1 is 1.50 bits per heavy atom. The largest absolute Gasteiger partial charge is 0.394 e. The molecule has 0 bridgehead atoms. The van der Waals surface area contributed by atoms with E-state index in [-0.39, 0.29) is 24.9 Å². The van der Waals surface area contributed by atoms with Crippen LogP contribution < -0.4 is 5.73 Å². The fraction of sp³-hybridized carbons (Fsp3) is 0.455. The molecule has 1 saturated heterocycles. The van der Waals surface area contributed by atoms with E-state index in [1.54, 1.807) is 0 Å². The number of anilines is 1. The fourth-order valence-electron chi connectivity index (χ4n) is 2.27. The molecule has 0 aliphatic carbocycles. The first kappa shape index (κ1) is 11.7. The topological polar surface area (TPSA) is 86.2 Å². The van der Waals surface area contributed by atoms with Crippen molar-refractivity contribution in [1.82, 2.24) is 14.5 Å². The lowest BCUT2D eigenvalue weighted by Crippen LogP contribution is -2.14. The van der Waals surface area contributed by atoms with Gasteiger partial charge in [-0.1, -0.05) is 11.6 Å². The van der Waals surface area contributed by atoms with E-state index < -0.39 is 0 Å². The van der Waals surface area contributed by atoms with Gasteiger partial charge in [0.15, 0.2) is 0 Å². The number of fused-ring (bicyclic) bond motifs is 1. The van der Waals surface area contributed by atoms with Gasteiger partial charge in [0.05, 0.1) is 18.1 Å². The smallest absolute Gasteiger partial charge is 0.223 e. The van der Waals surface area contributed by atoms with E-state index in [2.05, 4.69) is 9.97 Å². The molecule has 0 saturated carbocycles. The van der Waals surface area contributed by atoms with Crippen LogP contribution in [0.15, 0.2) is 12.3 Å². The highest BCUT2D eigenvalue weighted by Crippen LogP contribution is 2.32. The van der Waals surface area contributed by atoms with Gasteiger partial charge in [-0.15, -0.1) is 0 Å². The minimum Gasteiger partial charge on any atom is -0.394 e. The number of hydrogen-bond donors (Lipinski definition) is 2. The number of halogens is 1. The normalized spacial score (nSPS) is 23.9. The molecule has 18 heavy (non-hydrogen) atoms. The molecule has 1 aliphatic heterocycles. The summed E-state index contributed by atoms with van der Waals surface area (Å²) in [5.74, 6) is 0.143. The summed E-state index contributed by atoms with van der Waals surface area (Å²) in [7, 11) is 0. The number of nitrogens with two attached hydrogens (primary N) is 1. The van der Waals surface area contributed by atoms with Gasteiger partial charge in [0, 0.05) is 6.20 Å². The summed E-state index contributed by atoms with van der Waals surface area (Å²) in [6.07, 6.45) is 3.27. The number of nitrogens with zero attached hydrogens (tertiary/aromatic N) is 3. The van der Waals surface area contributed by atoms with Crippen LogP contribution in [0.2, 0.25) is 5.15 Å². The number of rotatable bonds is 2. The zero-order valence-corrected chi connectivity index (χ0v) is 10.3. The van der Waals surface area contributed by atoms with E-state index in [0.717, 1.165) is 18.2 Å². The molecule has 2 aromatic heterocycles. The molecular formula is C11H13ClN4O2. The van der Waals surface area contributed by atoms with Gasteiger partial charge >= 0.3 is 0 Å². The predicted molar refractivity (Wildman–Crippen MR) is 67.2 cm³/mol. The van der Waals surface area contributed by atoms with Gasteiger partial charge in [-0.3, -0.25) is 0 Å². The lowest BCUT2D eigenvalue weighted by molar-refractivity contribution is -0.0204. The second-order valence-corrected chi connectivity index (χ2v) is 4.66. The molecule has 2 atom stereocenters. The van der Waals surface area contributed by atoms with Crippen molar-refractivity contribution >= 4 is 28.6 Å². The lowest BCUT2D eigenvalue weighted by Gasteiger charge is -2.14. The highest BCUT2D eigenvalue weighted by Gasteiger charge is 2.27. The molecule has 3 heterocycles. The number of hydrogen-bond acceptors (Lipinski definition) is 5. The summed E-state index contributed by atoms with van der Waals surface area (Å²) in [5.41, 5.74) is 6.27. The van der Waals surface area contributed by atoms with Crippen molar-refractivity contribution in [3.63, 3.8) is 0 Å². The zero-order valence-electron chi connectivity index (χ0n) is 9.58. The van der Waals surface area contributed by atoms with Gasteiger partial charge in [0.1, 0.15) is 17.0 Å². The van der Waals surface area contributed by atoms with Gasteiger partial charge in [-0.25, -0.2) is 4.98 Å². The Labute approximate surface area is 108 Å². The van der Waals surface area contributed by atoms with Gasteiger partial charge in [-0.05, 0) is 18.9 Å². The molecular weight excluding hydrogens is 256 g/mol. The number of aromatic nitrogens is 3. The van der Waals surface area contributed by atoms with Gasteiger partial charge in [0.25, 0.3) is 0 Å². The van der Waals surface area contributed by atoms with Crippen molar-refractivity contribution in [2.24, 2.45) is 0 Å².